The maximum Gasteiger partial charge on any atom is 0.227 e. The third-order valence-corrected chi connectivity index (χ3v) is 4.52. The number of carbonyl (C=O) groups excluding carboxylic acids is 1. The lowest BCUT2D eigenvalue weighted by Crippen LogP contribution is -2.32. The molecule has 0 radical (unpaired) electrons. The molecule has 1 saturated heterocycles. The molecule has 3 aromatic rings. The third kappa shape index (κ3) is 3.28. The molecule has 1 aromatic carbocycles. The molecule has 0 unspecified atom stereocenters. The molecule has 0 N–H and O–H groups in total. The number of aromatic nitrogens is 4. The van der Waals surface area contributed by atoms with Gasteiger partial charge in [-0.3, -0.25) is 14.3 Å². The number of likely N-dealkylation sites (tertiary alicyclic amines) is 1. The van der Waals surface area contributed by atoms with Gasteiger partial charge < -0.3 is 4.90 Å². The Kier molecular flexibility index (Phi) is 4.24. The lowest BCUT2D eigenvalue weighted by molar-refractivity contribution is -0.131. The molecule has 25 heavy (non-hydrogen) atoms. The van der Waals surface area contributed by atoms with Crippen LogP contribution >= 0.6 is 0 Å². The van der Waals surface area contributed by atoms with E-state index >= 15 is 0 Å². The second-order valence-electron chi connectivity index (χ2n) is 6.18. The summed E-state index contributed by atoms with van der Waals surface area (Å²) >= 11 is 0. The van der Waals surface area contributed by atoms with Gasteiger partial charge in [-0.25, -0.2) is 9.97 Å². The van der Waals surface area contributed by atoms with Gasteiger partial charge in [0.25, 0.3) is 0 Å². The van der Waals surface area contributed by atoms with Crippen LogP contribution < -0.4 is 0 Å². The smallest absolute Gasteiger partial charge is 0.227 e. The topological polar surface area (TPSA) is 63.9 Å². The number of rotatable bonds is 4. The molecule has 2 aromatic heterocycles. The van der Waals surface area contributed by atoms with E-state index < -0.39 is 0 Å². The minimum absolute atomic E-state index is 0.00724. The molecule has 4 rings (SSSR count). The van der Waals surface area contributed by atoms with Crippen LogP contribution in [0.15, 0.2) is 61.4 Å². The highest BCUT2D eigenvalue weighted by Gasteiger charge is 2.31. The Labute approximate surface area is 146 Å². The van der Waals surface area contributed by atoms with Gasteiger partial charge in [-0.1, -0.05) is 30.3 Å². The average Bonchev–Trinajstić information content (AvgIpc) is 3.35. The second-order valence-corrected chi connectivity index (χ2v) is 6.18. The van der Waals surface area contributed by atoms with Gasteiger partial charge in [-0.05, 0) is 18.4 Å². The van der Waals surface area contributed by atoms with Crippen LogP contribution in [0.25, 0.3) is 5.82 Å². The van der Waals surface area contributed by atoms with Crippen molar-refractivity contribution in [1.82, 2.24) is 24.4 Å². The Balaban J connectivity index is 1.55. The number of amides is 1. The van der Waals surface area contributed by atoms with Gasteiger partial charge in [0.15, 0.2) is 5.82 Å². The van der Waals surface area contributed by atoms with E-state index in [-0.39, 0.29) is 11.9 Å². The van der Waals surface area contributed by atoms with Crippen molar-refractivity contribution in [2.45, 2.75) is 25.3 Å². The Morgan fingerprint density at radius 3 is 2.84 bits per heavy atom. The largest absolute Gasteiger partial charge is 0.334 e. The first-order chi connectivity index (χ1) is 12.3. The molecular formula is C19H19N5O. The second kappa shape index (κ2) is 6.84. The monoisotopic (exact) mass is 333 g/mol. The van der Waals surface area contributed by atoms with Crippen molar-refractivity contribution in [3.63, 3.8) is 0 Å². The van der Waals surface area contributed by atoms with E-state index in [2.05, 4.69) is 9.97 Å². The Hall–Kier alpha value is -3.02. The predicted molar refractivity (Wildman–Crippen MR) is 93.0 cm³/mol. The molecule has 126 valence electrons. The first-order valence-electron chi connectivity index (χ1n) is 8.45. The van der Waals surface area contributed by atoms with Gasteiger partial charge in [-0.15, -0.1) is 0 Å². The van der Waals surface area contributed by atoms with Gasteiger partial charge in [0, 0.05) is 18.9 Å². The van der Waals surface area contributed by atoms with Crippen LogP contribution in [0.3, 0.4) is 0 Å². The van der Waals surface area contributed by atoms with Crippen LogP contribution in [0, 0.1) is 0 Å². The first-order valence-corrected chi connectivity index (χ1v) is 8.45. The number of imidazole rings is 1. The van der Waals surface area contributed by atoms with E-state index in [4.69, 9.17) is 4.98 Å². The lowest BCUT2D eigenvalue weighted by Gasteiger charge is -2.24. The summed E-state index contributed by atoms with van der Waals surface area (Å²) in [5, 5.41) is 0. The van der Waals surface area contributed by atoms with E-state index in [0.29, 0.717) is 6.42 Å². The van der Waals surface area contributed by atoms with Crippen molar-refractivity contribution >= 4 is 5.91 Å². The Bertz CT molecular complexity index is 847. The van der Waals surface area contributed by atoms with Crippen molar-refractivity contribution in [3.05, 3.63) is 72.7 Å². The zero-order chi connectivity index (χ0) is 17.1. The van der Waals surface area contributed by atoms with Gasteiger partial charge in [0.05, 0.1) is 30.6 Å². The van der Waals surface area contributed by atoms with Crippen molar-refractivity contribution in [3.8, 4) is 5.82 Å². The fraction of sp³-hybridized carbons (Fsp3) is 0.263. The molecule has 1 aliphatic heterocycles. The van der Waals surface area contributed by atoms with Crippen LogP contribution in [0.4, 0.5) is 0 Å². The van der Waals surface area contributed by atoms with Crippen LogP contribution in [0.5, 0.6) is 0 Å². The van der Waals surface area contributed by atoms with Crippen LogP contribution in [0.1, 0.15) is 30.1 Å². The summed E-state index contributed by atoms with van der Waals surface area (Å²) in [6.07, 6.45) is 11.0. The molecule has 0 aliphatic carbocycles. The molecule has 0 spiro atoms. The highest BCUT2D eigenvalue weighted by atomic mass is 16.2. The zero-order valence-electron chi connectivity index (χ0n) is 13.8. The molecule has 6 heteroatoms. The molecular weight excluding hydrogens is 314 g/mol. The quantitative estimate of drug-likeness (QED) is 0.736. The highest BCUT2D eigenvalue weighted by molar-refractivity contribution is 5.79. The van der Waals surface area contributed by atoms with E-state index in [1.54, 1.807) is 24.9 Å². The highest BCUT2D eigenvalue weighted by Crippen LogP contribution is 2.31. The summed E-state index contributed by atoms with van der Waals surface area (Å²) in [5.74, 6) is 0.862. The fourth-order valence-corrected chi connectivity index (χ4v) is 3.29. The summed E-state index contributed by atoms with van der Waals surface area (Å²) in [4.78, 5) is 27.8. The number of hydrogen-bond acceptors (Lipinski definition) is 4. The first kappa shape index (κ1) is 15.5. The van der Waals surface area contributed by atoms with Crippen molar-refractivity contribution in [2.24, 2.45) is 0 Å². The minimum atomic E-state index is -0.00724. The fourth-order valence-electron chi connectivity index (χ4n) is 3.29. The van der Waals surface area contributed by atoms with Crippen molar-refractivity contribution in [1.29, 1.82) is 0 Å². The van der Waals surface area contributed by atoms with Crippen LogP contribution in [0.2, 0.25) is 0 Å². The van der Waals surface area contributed by atoms with E-state index in [1.807, 2.05) is 46.0 Å². The maximum absolute atomic E-state index is 12.8. The van der Waals surface area contributed by atoms with Crippen LogP contribution in [-0.2, 0) is 11.2 Å². The lowest BCUT2D eigenvalue weighted by atomic mass is 10.1. The summed E-state index contributed by atoms with van der Waals surface area (Å²) in [7, 11) is 0. The van der Waals surface area contributed by atoms with Gasteiger partial charge in [-0.2, -0.15) is 0 Å². The normalized spacial score (nSPS) is 17.0. The van der Waals surface area contributed by atoms with Gasteiger partial charge in [0.2, 0.25) is 5.91 Å². The average molecular weight is 333 g/mol. The molecule has 1 amide bonds. The number of benzene rings is 1. The molecule has 6 nitrogen and oxygen atoms in total. The van der Waals surface area contributed by atoms with E-state index in [1.165, 1.54) is 0 Å². The molecule has 1 aliphatic rings. The van der Waals surface area contributed by atoms with Crippen molar-refractivity contribution in [2.75, 3.05) is 6.54 Å². The summed E-state index contributed by atoms with van der Waals surface area (Å²) in [5.41, 5.74) is 1.88. The zero-order valence-corrected chi connectivity index (χ0v) is 13.8. The van der Waals surface area contributed by atoms with Gasteiger partial charge >= 0.3 is 0 Å². The minimum Gasteiger partial charge on any atom is -0.334 e. The van der Waals surface area contributed by atoms with E-state index in [9.17, 15) is 4.79 Å². The van der Waals surface area contributed by atoms with E-state index in [0.717, 1.165) is 36.5 Å². The summed E-state index contributed by atoms with van der Waals surface area (Å²) in [6.45, 7) is 0.771. The maximum atomic E-state index is 12.8. The molecule has 3 heterocycles. The molecule has 1 atom stereocenters. The third-order valence-electron chi connectivity index (χ3n) is 4.52. The Morgan fingerprint density at radius 2 is 2.04 bits per heavy atom. The number of nitrogens with zero attached hydrogens (tertiary/aromatic N) is 5. The summed E-state index contributed by atoms with van der Waals surface area (Å²) in [6, 6.07) is 9.86. The van der Waals surface area contributed by atoms with Gasteiger partial charge in [0.1, 0.15) is 6.33 Å². The molecule has 0 saturated carbocycles. The standard InChI is InChI=1S/C19H19N5O/c25-19(11-15-5-2-1-3-6-15)24-9-4-7-17(24)16-12-21-13-18(22-16)23-10-8-20-14-23/h1-3,5-6,8,10,12-14,17H,4,7,9,11H2/t17-/m0/s1. The summed E-state index contributed by atoms with van der Waals surface area (Å²) < 4.78 is 1.82. The SMILES string of the molecule is O=C(Cc1ccccc1)N1CCC[C@H]1c1cncc(-n2ccnc2)n1. The van der Waals surface area contributed by atoms with Crippen LogP contribution in [-0.4, -0.2) is 36.9 Å². The molecule has 1 fully saturated rings. The Morgan fingerprint density at radius 1 is 1.16 bits per heavy atom. The number of carbonyl (C=O) groups is 1. The molecule has 0 bridgehead atoms. The number of hydrogen-bond donors (Lipinski definition) is 0. The van der Waals surface area contributed by atoms with Crippen molar-refractivity contribution < 1.29 is 4.79 Å². The predicted octanol–water partition coefficient (Wildman–Crippen LogP) is 2.57.